The molecular weight excluding hydrogens is 340 g/mol. The molecule has 0 saturated heterocycles. The van der Waals surface area contributed by atoms with Crippen molar-refractivity contribution in [3.63, 3.8) is 0 Å². The van der Waals surface area contributed by atoms with Crippen LogP contribution >= 0.6 is 0 Å². The van der Waals surface area contributed by atoms with Crippen molar-refractivity contribution in [3.05, 3.63) is 47.1 Å². The maximum Gasteiger partial charge on any atom is 0.232 e. The Hall–Kier alpha value is -2.51. The van der Waals surface area contributed by atoms with E-state index in [0.29, 0.717) is 29.8 Å². The van der Waals surface area contributed by atoms with Crippen LogP contribution < -0.4 is 10.6 Å². The summed E-state index contributed by atoms with van der Waals surface area (Å²) in [5, 5.41) is 10.1. The lowest BCUT2D eigenvalue weighted by Gasteiger charge is -2.18. The quantitative estimate of drug-likeness (QED) is 0.627. The highest BCUT2D eigenvalue weighted by Gasteiger charge is 2.21. The van der Waals surface area contributed by atoms with Crippen LogP contribution in [-0.4, -0.2) is 22.6 Å². The molecule has 1 unspecified atom stereocenters. The van der Waals surface area contributed by atoms with E-state index < -0.39 is 17.7 Å². The largest absolute Gasteiger partial charge is 0.357 e. The second kappa shape index (κ2) is 8.25. The third-order valence-corrected chi connectivity index (χ3v) is 3.61. The Labute approximate surface area is 152 Å². The van der Waals surface area contributed by atoms with E-state index in [9.17, 15) is 8.78 Å². The fourth-order valence-corrected chi connectivity index (χ4v) is 2.23. The van der Waals surface area contributed by atoms with Crippen molar-refractivity contribution in [1.29, 1.82) is 0 Å². The van der Waals surface area contributed by atoms with E-state index in [-0.39, 0.29) is 12.0 Å². The molecule has 0 aliphatic heterocycles. The van der Waals surface area contributed by atoms with Gasteiger partial charge in [-0.25, -0.2) is 13.8 Å². The minimum atomic E-state index is -0.606. The van der Waals surface area contributed by atoms with Gasteiger partial charge in [0, 0.05) is 23.6 Å². The highest BCUT2D eigenvalue weighted by Crippen LogP contribution is 2.20. The van der Waals surface area contributed by atoms with E-state index in [2.05, 4.69) is 25.8 Å². The number of nitrogens with zero attached hydrogens (tertiary/aromatic N) is 3. The SMILES string of the molecule is CCNC(=NCc1noc(C(C)(C)C)n1)NC(C)c1ccc(F)cc1F. The first-order valence-corrected chi connectivity index (χ1v) is 8.53. The predicted octanol–water partition coefficient (Wildman–Crippen LogP) is 3.46. The van der Waals surface area contributed by atoms with Crippen LogP contribution in [0.25, 0.3) is 0 Å². The molecule has 0 aliphatic rings. The van der Waals surface area contributed by atoms with Crippen LogP contribution in [0.5, 0.6) is 0 Å². The molecular formula is C18H25F2N5O. The Balaban J connectivity index is 2.09. The molecule has 6 nitrogen and oxygen atoms in total. The fourth-order valence-electron chi connectivity index (χ4n) is 2.23. The minimum absolute atomic E-state index is 0.216. The molecule has 8 heteroatoms. The number of halogens is 2. The molecule has 2 N–H and O–H groups in total. The van der Waals surface area contributed by atoms with Gasteiger partial charge in [0.1, 0.15) is 18.2 Å². The molecule has 0 aliphatic carbocycles. The first-order chi connectivity index (χ1) is 12.2. The molecule has 0 saturated carbocycles. The third kappa shape index (κ3) is 5.24. The van der Waals surface area contributed by atoms with Crippen molar-refractivity contribution in [3.8, 4) is 0 Å². The lowest BCUT2D eigenvalue weighted by atomic mass is 9.97. The highest BCUT2D eigenvalue weighted by atomic mass is 19.1. The van der Waals surface area contributed by atoms with Gasteiger partial charge >= 0.3 is 0 Å². The number of aromatic nitrogens is 2. The summed E-state index contributed by atoms with van der Waals surface area (Å²) in [6, 6.07) is 3.11. The van der Waals surface area contributed by atoms with E-state index >= 15 is 0 Å². The normalized spacial score (nSPS) is 13.6. The van der Waals surface area contributed by atoms with Crippen molar-refractivity contribution in [2.75, 3.05) is 6.54 Å². The van der Waals surface area contributed by atoms with E-state index in [1.807, 2.05) is 27.7 Å². The molecule has 1 atom stereocenters. The molecule has 0 spiro atoms. The van der Waals surface area contributed by atoms with Gasteiger partial charge in [-0.3, -0.25) is 0 Å². The molecule has 142 valence electrons. The zero-order valence-electron chi connectivity index (χ0n) is 15.7. The standard InChI is InChI=1S/C18H25F2N5O/c1-6-21-17(22-10-15-24-16(26-25-15)18(3,4)5)23-11(2)13-8-7-12(19)9-14(13)20/h7-9,11H,6,10H2,1-5H3,(H2,21,22,23). The number of aliphatic imine (C=N–C) groups is 1. The number of rotatable bonds is 5. The number of benzene rings is 1. The van der Waals surface area contributed by atoms with Gasteiger partial charge in [0.05, 0.1) is 6.04 Å². The van der Waals surface area contributed by atoms with Crippen molar-refractivity contribution in [1.82, 2.24) is 20.8 Å². The lowest BCUT2D eigenvalue weighted by molar-refractivity contribution is 0.318. The van der Waals surface area contributed by atoms with Crippen molar-refractivity contribution < 1.29 is 13.3 Å². The van der Waals surface area contributed by atoms with Crippen molar-refractivity contribution >= 4 is 5.96 Å². The molecule has 1 aromatic carbocycles. The summed E-state index contributed by atoms with van der Waals surface area (Å²) in [6.45, 7) is 10.5. The zero-order chi connectivity index (χ0) is 19.3. The summed E-state index contributed by atoms with van der Waals surface area (Å²) in [5.41, 5.74) is 0.123. The van der Waals surface area contributed by atoms with Crippen LogP contribution in [0.2, 0.25) is 0 Å². The Bertz CT molecular complexity index is 767. The molecule has 1 aromatic heterocycles. The summed E-state index contributed by atoms with van der Waals surface area (Å²) < 4.78 is 32.2. The third-order valence-electron chi connectivity index (χ3n) is 3.61. The molecule has 0 amide bonds. The minimum Gasteiger partial charge on any atom is -0.357 e. The van der Waals surface area contributed by atoms with E-state index in [4.69, 9.17) is 4.52 Å². The second-order valence-corrected chi connectivity index (χ2v) is 6.99. The first kappa shape index (κ1) is 19.8. The van der Waals surface area contributed by atoms with Crippen LogP contribution in [0.3, 0.4) is 0 Å². The first-order valence-electron chi connectivity index (χ1n) is 8.53. The molecule has 1 heterocycles. The highest BCUT2D eigenvalue weighted by molar-refractivity contribution is 5.80. The summed E-state index contributed by atoms with van der Waals surface area (Å²) in [4.78, 5) is 8.74. The Morgan fingerprint density at radius 2 is 2.04 bits per heavy atom. The van der Waals surface area contributed by atoms with Gasteiger partial charge in [-0.2, -0.15) is 4.98 Å². The summed E-state index contributed by atoms with van der Waals surface area (Å²) in [7, 11) is 0. The van der Waals surface area contributed by atoms with Crippen molar-refractivity contribution in [2.24, 2.45) is 4.99 Å². The number of hydrogen-bond donors (Lipinski definition) is 2. The average Bonchev–Trinajstić information content (AvgIpc) is 3.02. The Morgan fingerprint density at radius 3 is 2.62 bits per heavy atom. The van der Waals surface area contributed by atoms with Crippen LogP contribution in [0.1, 0.15) is 57.9 Å². The zero-order valence-corrected chi connectivity index (χ0v) is 15.7. The summed E-state index contributed by atoms with van der Waals surface area (Å²) in [6.07, 6.45) is 0. The Kier molecular flexibility index (Phi) is 6.28. The van der Waals surface area contributed by atoms with Gasteiger partial charge in [0.15, 0.2) is 11.8 Å². The maximum absolute atomic E-state index is 13.9. The van der Waals surface area contributed by atoms with Gasteiger partial charge in [0.2, 0.25) is 5.89 Å². The van der Waals surface area contributed by atoms with Crippen LogP contribution in [0.4, 0.5) is 8.78 Å². The molecule has 2 rings (SSSR count). The van der Waals surface area contributed by atoms with Gasteiger partial charge in [-0.15, -0.1) is 0 Å². The van der Waals surface area contributed by atoms with Gasteiger partial charge in [0.25, 0.3) is 0 Å². The van der Waals surface area contributed by atoms with Crippen LogP contribution in [0, 0.1) is 11.6 Å². The van der Waals surface area contributed by atoms with Crippen molar-refractivity contribution in [2.45, 2.75) is 52.6 Å². The van der Waals surface area contributed by atoms with Gasteiger partial charge < -0.3 is 15.2 Å². The maximum atomic E-state index is 13.9. The molecule has 0 radical (unpaired) electrons. The number of nitrogens with one attached hydrogen (secondary N) is 2. The topological polar surface area (TPSA) is 75.3 Å². The van der Waals surface area contributed by atoms with Crippen LogP contribution in [-0.2, 0) is 12.0 Å². The number of guanidine groups is 1. The molecule has 0 bridgehead atoms. The molecule has 2 aromatic rings. The predicted molar refractivity (Wildman–Crippen MR) is 95.7 cm³/mol. The molecule has 0 fully saturated rings. The fraction of sp³-hybridized carbons (Fsp3) is 0.500. The number of hydrogen-bond acceptors (Lipinski definition) is 4. The average molecular weight is 365 g/mol. The lowest BCUT2D eigenvalue weighted by Crippen LogP contribution is -2.39. The van der Waals surface area contributed by atoms with Gasteiger partial charge in [-0.1, -0.05) is 32.0 Å². The second-order valence-electron chi connectivity index (χ2n) is 6.99. The van der Waals surface area contributed by atoms with E-state index in [1.54, 1.807) is 6.92 Å². The van der Waals surface area contributed by atoms with Crippen LogP contribution in [0.15, 0.2) is 27.7 Å². The van der Waals surface area contributed by atoms with E-state index in [0.717, 1.165) is 6.07 Å². The smallest absolute Gasteiger partial charge is 0.232 e. The Morgan fingerprint density at radius 1 is 1.31 bits per heavy atom. The molecule has 26 heavy (non-hydrogen) atoms. The van der Waals surface area contributed by atoms with Gasteiger partial charge in [-0.05, 0) is 19.9 Å². The van der Waals surface area contributed by atoms with E-state index in [1.165, 1.54) is 12.1 Å². The summed E-state index contributed by atoms with van der Waals surface area (Å²) in [5.74, 6) is 0.278. The summed E-state index contributed by atoms with van der Waals surface area (Å²) >= 11 is 0. The monoisotopic (exact) mass is 365 g/mol.